The Morgan fingerprint density at radius 3 is 3.16 bits per heavy atom. The SMILES string of the molecule is Cc1nc([C@@H]2COCCN2C(=O)c2ccoc2)cs1. The third-order valence-corrected chi connectivity index (χ3v) is 3.93. The van der Waals surface area contributed by atoms with E-state index in [1.54, 1.807) is 17.4 Å². The van der Waals surface area contributed by atoms with Crippen LogP contribution in [0.25, 0.3) is 0 Å². The first-order chi connectivity index (χ1) is 9.25. The lowest BCUT2D eigenvalue weighted by Crippen LogP contribution is -2.43. The van der Waals surface area contributed by atoms with Gasteiger partial charge >= 0.3 is 0 Å². The normalized spacial score (nSPS) is 19.6. The molecule has 0 unspecified atom stereocenters. The molecular formula is C13H14N2O3S. The van der Waals surface area contributed by atoms with Gasteiger partial charge in [-0.15, -0.1) is 11.3 Å². The summed E-state index contributed by atoms with van der Waals surface area (Å²) in [6.07, 6.45) is 2.98. The summed E-state index contributed by atoms with van der Waals surface area (Å²) in [5.41, 5.74) is 1.47. The second-order valence-corrected chi connectivity index (χ2v) is 5.45. The average Bonchev–Trinajstić information content (AvgIpc) is 3.09. The number of amides is 1. The minimum atomic E-state index is -0.110. The van der Waals surface area contributed by atoms with Crippen LogP contribution in [0.15, 0.2) is 28.4 Å². The van der Waals surface area contributed by atoms with Gasteiger partial charge in [0, 0.05) is 11.9 Å². The van der Waals surface area contributed by atoms with Crippen molar-refractivity contribution in [3.8, 4) is 0 Å². The van der Waals surface area contributed by atoms with E-state index in [-0.39, 0.29) is 11.9 Å². The molecule has 0 spiro atoms. The highest BCUT2D eigenvalue weighted by molar-refractivity contribution is 7.09. The van der Waals surface area contributed by atoms with Gasteiger partial charge in [0.2, 0.25) is 0 Å². The van der Waals surface area contributed by atoms with E-state index in [1.165, 1.54) is 12.5 Å². The van der Waals surface area contributed by atoms with Gasteiger partial charge < -0.3 is 14.1 Å². The summed E-state index contributed by atoms with van der Waals surface area (Å²) >= 11 is 1.59. The molecule has 100 valence electrons. The Hall–Kier alpha value is -1.66. The number of carbonyl (C=O) groups is 1. The number of hydrogen-bond donors (Lipinski definition) is 0. The van der Waals surface area contributed by atoms with E-state index in [4.69, 9.17) is 9.15 Å². The molecule has 0 N–H and O–H groups in total. The van der Waals surface area contributed by atoms with Crippen LogP contribution in [-0.4, -0.2) is 35.5 Å². The summed E-state index contributed by atoms with van der Waals surface area (Å²) in [4.78, 5) is 18.7. The van der Waals surface area contributed by atoms with Gasteiger partial charge in [0.05, 0.1) is 41.8 Å². The van der Waals surface area contributed by atoms with Crippen molar-refractivity contribution >= 4 is 17.2 Å². The van der Waals surface area contributed by atoms with Crippen LogP contribution >= 0.6 is 11.3 Å². The van der Waals surface area contributed by atoms with Crippen molar-refractivity contribution < 1.29 is 13.9 Å². The Balaban J connectivity index is 1.87. The third-order valence-electron chi connectivity index (χ3n) is 3.14. The molecule has 0 saturated carbocycles. The molecule has 1 aliphatic heterocycles. The molecular weight excluding hydrogens is 264 g/mol. The maximum Gasteiger partial charge on any atom is 0.257 e. The molecule has 0 aromatic carbocycles. The molecule has 3 heterocycles. The molecule has 1 atom stereocenters. The molecule has 5 nitrogen and oxygen atoms in total. The second-order valence-electron chi connectivity index (χ2n) is 4.39. The van der Waals surface area contributed by atoms with Crippen molar-refractivity contribution in [3.05, 3.63) is 40.2 Å². The van der Waals surface area contributed by atoms with Crippen molar-refractivity contribution in [2.24, 2.45) is 0 Å². The number of furan rings is 1. The molecule has 2 aromatic heterocycles. The van der Waals surface area contributed by atoms with Crippen LogP contribution < -0.4 is 0 Å². The van der Waals surface area contributed by atoms with E-state index in [1.807, 2.05) is 17.2 Å². The Morgan fingerprint density at radius 2 is 2.47 bits per heavy atom. The second kappa shape index (κ2) is 5.14. The summed E-state index contributed by atoms with van der Waals surface area (Å²) in [6.45, 7) is 3.58. The maximum absolute atomic E-state index is 12.4. The highest BCUT2D eigenvalue weighted by Gasteiger charge is 2.31. The molecule has 0 radical (unpaired) electrons. The molecule has 0 aliphatic carbocycles. The van der Waals surface area contributed by atoms with E-state index < -0.39 is 0 Å². The van der Waals surface area contributed by atoms with Crippen LogP contribution in [0.1, 0.15) is 27.1 Å². The number of morpholine rings is 1. The predicted octanol–water partition coefficient (Wildman–Crippen LogP) is 2.26. The summed E-state index contributed by atoms with van der Waals surface area (Å²) in [6, 6.07) is 1.57. The third kappa shape index (κ3) is 2.41. The molecule has 2 aromatic rings. The van der Waals surface area contributed by atoms with Gasteiger partial charge in [0.1, 0.15) is 6.26 Å². The fourth-order valence-corrected chi connectivity index (χ4v) is 2.84. The summed E-state index contributed by atoms with van der Waals surface area (Å²) in [5, 5.41) is 2.99. The number of carbonyl (C=O) groups excluding carboxylic acids is 1. The average molecular weight is 278 g/mol. The number of ether oxygens (including phenoxy) is 1. The molecule has 1 saturated heterocycles. The van der Waals surface area contributed by atoms with Crippen LogP contribution in [0.4, 0.5) is 0 Å². The lowest BCUT2D eigenvalue weighted by Gasteiger charge is -2.34. The van der Waals surface area contributed by atoms with Gasteiger partial charge in [-0.25, -0.2) is 4.98 Å². The number of aromatic nitrogens is 1. The highest BCUT2D eigenvalue weighted by Crippen LogP contribution is 2.27. The van der Waals surface area contributed by atoms with Crippen molar-refractivity contribution in [2.75, 3.05) is 19.8 Å². The molecule has 0 bridgehead atoms. The zero-order chi connectivity index (χ0) is 13.2. The summed E-state index contributed by atoms with van der Waals surface area (Å²) in [5.74, 6) is -0.0345. The predicted molar refractivity (Wildman–Crippen MR) is 70.2 cm³/mol. The van der Waals surface area contributed by atoms with Crippen molar-refractivity contribution in [1.29, 1.82) is 0 Å². The lowest BCUT2D eigenvalue weighted by atomic mass is 10.1. The molecule has 1 aliphatic rings. The summed E-state index contributed by atoms with van der Waals surface area (Å²) in [7, 11) is 0. The van der Waals surface area contributed by atoms with Crippen LogP contribution in [-0.2, 0) is 4.74 Å². The number of hydrogen-bond acceptors (Lipinski definition) is 5. The topological polar surface area (TPSA) is 55.6 Å². The van der Waals surface area contributed by atoms with Crippen LogP contribution in [0, 0.1) is 6.92 Å². The minimum absolute atomic E-state index is 0.0345. The van der Waals surface area contributed by atoms with Gasteiger partial charge in [-0.05, 0) is 13.0 Å². The number of rotatable bonds is 2. The Morgan fingerprint density at radius 1 is 1.58 bits per heavy atom. The molecule has 1 fully saturated rings. The van der Waals surface area contributed by atoms with Crippen molar-refractivity contribution in [2.45, 2.75) is 13.0 Å². The van der Waals surface area contributed by atoms with Gasteiger partial charge in [0.25, 0.3) is 5.91 Å². The van der Waals surface area contributed by atoms with Gasteiger partial charge in [0.15, 0.2) is 0 Å². The largest absolute Gasteiger partial charge is 0.472 e. The first kappa shape index (κ1) is 12.4. The fourth-order valence-electron chi connectivity index (χ4n) is 2.18. The zero-order valence-corrected chi connectivity index (χ0v) is 11.4. The standard InChI is InChI=1S/C13H14N2O3S/c1-9-14-11(8-19-9)12-7-18-5-3-15(12)13(16)10-2-4-17-6-10/h2,4,6,8,12H,3,5,7H2,1H3/t12-/m0/s1. The Bertz CT molecular complexity index is 564. The van der Waals surface area contributed by atoms with Crippen molar-refractivity contribution in [1.82, 2.24) is 9.88 Å². The van der Waals surface area contributed by atoms with E-state index in [0.29, 0.717) is 25.3 Å². The monoisotopic (exact) mass is 278 g/mol. The van der Waals surface area contributed by atoms with Crippen LogP contribution in [0.3, 0.4) is 0 Å². The number of aryl methyl sites for hydroxylation is 1. The van der Waals surface area contributed by atoms with Gasteiger partial charge in [-0.3, -0.25) is 4.79 Å². The maximum atomic E-state index is 12.4. The van der Waals surface area contributed by atoms with Crippen LogP contribution in [0.5, 0.6) is 0 Å². The zero-order valence-electron chi connectivity index (χ0n) is 10.5. The number of thiazole rings is 1. The van der Waals surface area contributed by atoms with E-state index in [2.05, 4.69) is 4.98 Å². The molecule has 19 heavy (non-hydrogen) atoms. The van der Waals surface area contributed by atoms with Gasteiger partial charge in [-0.1, -0.05) is 0 Å². The number of nitrogens with zero attached hydrogens (tertiary/aromatic N) is 2. The fraction of sp³-hybridized carbons (Fsp3) is 0.385. The highest BCUT2D eigenvalue weighted by atomic mass is 32.1. The lowest BCUT2D eigenvalue weighted by molar-refractivity contribution is -0.00379. The quantitative estimate of drug-likeness (QED) is 0.845. The van der Waals surface area contributed by atoms with E-state index in [9.17, 15) is 4.79 Å². The van der Waals surface area contributed by atoms with Crippen molar-refractivity contribution in [3.63, 3.8) is 0 Å². The molecule has 3 rings (SSSR count). The Kier molecular flexibility index (Phi) is 3.35. The van der Waals surface area contributed by atoms with E-state index >= 15 is 0 Å². The minimum Gasteiger partial charge on any atom is -0.472 e. The molecule has 1 amide bonds. The first-order valence-corrected chi connectivity index (χ1v) is 6.96. The Labute approximate surface area is 114 Å². The first-order valence-electron chi connectivity index (χ1n) is 6.08. The van der Waals surface area contributed by atoms with Crippen LogP contribution in [0.2, 0.25) is 0 Å². The summed E-state index contributed by atoms with van der Waals surface area (Å²) < 4.78 is 10.5. The van der Waals surface area contributed by atoms with E-state index in [0.717, 1.165) is 10.7 Å². The van der Waals surface area contributed by atoms with Gasteiger partial charge in [-0.2, -0.15) is 0 Å². The molecule has 6 heteroatoms. The smallest absolute Gasteiger partial charge is 0.257 e.